The number of hydrogen-bond acceptors (Lipinski definition) is 6. The predicted molar refractivity (Wildman–Crippen MR) is 84.5 cm³/mol. The van der Waals surface area contributed by atoms with E-state index in [4.69, 9.17) is 14.3 Å². The monoisotopic (exact) mass is 313 g/mol. The van der Waals surface area contributed by atoms with Crippen molar-refractivity contribution in [3.63, 3.8) is 0 Å². The van der Waals surface area contributed by atoms with Gasteiger partial charge in [-0.2, -0.15) is 0 Å². The summed E-state index contributed by atoms with van der Waals surface area (Å²) in [4.78, 5) is 13.3. The Kier molecular flexibility index (Phi) is 5.06. The van der Waals surface area contributed by atoms with Crippen LogP contribution in [0.25, 0.3) is 0 Å². The molecule has 0 saturated carbocycles. The Bertz CT molecular complexity index is 644. The van der Waals surface area contributed by atoms with Gasteiger partial charge in [0.2, 0.25) is 5.88 Å². The molecule has 2 heterocycles. The second-order valence-corrected chi connectivity index (χ2v) is 5.12. The van der Waals surface area contributed by atoms with Crippen molar-refractivity contribution < 1.29 is 14.3 Å². The van der Waals surface area contributed by atoms with Crippen LogP contribution in [-0.2, 0) is 4.84 Å². The molecule has 1 aliphatic heterocycles. The first kappa shape index (κ1) is 15.3. The van der Waals surface area contributed by atoms with Crippen LogP contribution in [0.1, 0.15) is 31.4 Å². The van der Waals surface area contributed by atoms with E-state index in [-0.39, 0.29) is 6.10 Å². The number of rotatable bonds is 7. The summed E-state index contributed by atoms with van der Waals surface area (Å²) in [7, 11) is 0. The summed E-state index contributed by atoms with van der Waals surface area (Å²) in [5, 5.41) is 0. The van der Waals surface area contributed by atoms with Gasteiger partial charge in [0, 0.05) is 6.08 Å². The third-order valence-electron chi connectivity index (χ3n) is 3.33. The van der Waals surface area contributed by atoms with Crippen molar-refractivity contribution in [2.24, 2.45) is 0 Å². The van der Waals surface area contributed by atoms with Gasteiger partial charge in [0.05, 0.1) is 19.0 Å². The first-order valence-corrected chi connectivity index (χ1v) is 7.64. The average molecular weight is 313 g/mol. The second kappa shape index (κ2) is 7.60. The van der Waals surface area contributed by atoms with Gasteiger partial charge in [-0.3, -0.25) is 4.84 Å². The lowest BCUT2D eigenvalue weighted by Crippen LogP contribution is -2.12. The average Bonchev–Trinajstić information content (AvgIpc) is 3.05. The van der Waals surface area contributed by atoms with Gasteiger partial charge in [0.1, 0.15) is 18.2 Å². The standard InChI is InChI=1S/C17H19N3O3/c1-2-3-8-21-14-6-4-13(5-7-14)16-9-17(20-23-16)22-15-10-18-12-19-11-15/h4-7,9-12,16,20H,2-3,8H2,1H3/t16-/m1/s1. The summed E-state index contributed by atoms with van der Waals surface area (Å²) >= 11 is 0. The minimum Gasteiger partial charge on any atom is -0.494 e. The Morgan fingerprint density at radius 2 is 1.91 bits per heavy atom. The fourth-order valence-electron chi connectivity index (χ4n) is 2.10. The fraction of sp³-hybridized carbons (Fsp3) is 0.294. The number of benzene rings is 1. The van der Waals surface area contributed by atoms with Crippen LogP contribution in [-0.4, -0.2) is 16.6 Å². The molecule has 0 unspecified atom stereocenters. The zero-order valence-corrected chi connectivity index (χ0v) is 12.9. The molecule has 0 fully saturated rings. The van der Waals surface area contributed by atoms with Crippen LogP contribution in [0.15, 0.2) is 54.9 Å². The molecule has 0 aliphatic carbocycles. The van der Waals surface area contributed by atoms with E-state index in [1.54, 1.807) is 12.4 Å². The van der Waals surface area contributed by atoms with Crippen LogP contribution in [0, 0.1) is 0 Å². The molecule has 6 heteroatoms. The van der Waals surface area contributed by atoms with E-state index in [0.29, 0.717) is 11.6 Å². The molecule has 0 bridgehead atoms. The minimum absolute atomic E-state index is 0.209. The summed E-state index contributed by atoms with van der Waals surface area (Å²) in [6.07, 6.45) is 8.46. The van der Waals surface area contributed by atoms with Crippen molar-refractivity contribution in [1.29, 1.82) is 0 Å². The van der Waals surface area contributed by atoms with Crippen molar-refractivity contribution in [2.75, 3.05) is 6.61 Å². The molecule has 120 valence electrons. The van der Waals surface area contributed by atoms with Gasteiger partial charge in [-0.1, -0.05) is 25.5 Å². The van der Waals surface area contributed by atoms with Crippen molar-refractivity contribution in [2.45, 2.75) is 25.9 Å². The summed E-state index contributed by atoms with van der Waals surface area (Å²) in [6.45, 7) is 2.89. The maximum atomic E-state index is 5.65. The van der Waals surface area contributed by atoms with E-state index in [9.17, 15) is 0 Å². The number of hydrogen-bond donors (Lipinski definition) is 1. The van der Waals surface area contributed by atoms with Crippen molar-refractivity contribution in [3.05, 3.63) is 60.5 Å². The fourth-order valence-corrected chi connectivity index (χ4v) is 2.10. The molecular formula is C17H19N3O3. The third-order valence-corrected chi connectivity index (χ3v) is 3.33. The molecule has 1 aromatic carbocycles. The molecular weight excluding hydrogens is 294 g/mol. The maximum absolute atomic E-state index is 5.65. The van der Waals surface area contributed by atoms with Crippen LogP contribution in [0.3, 0.4) is 0 Å². The predicted octanol–water partition coefficient (Wildman–Crippen LogP) is 3.15. The van der Waals surface area contributed by atoms with Gasteiger partial charge in [-0.25, -0.2) is 15.4 Å². The Balaban J connectivity index is 1.59. The van der Waals surface area contributed by atoms with Gasteiger partial charge < -0.3 is 9.47 Å². The molecule has 0 saturated heterocycles. The van der Waals surface area contributed by atoms with E-state index in [1.165, 1.54) is 6.33 Å². The molecule has 6 nitrogen and oxygen atoms in total. The normalized spacial score (nSPS) is 16.6. The van der Waals surface area contributed by atoms with E-state index in [1.807, 2.05) is 30.3 Å². The zero-order valence-electron chi connectivity index (χ0n) is 12.9. The molecule has 2 aromatic rings. The first-order chi connectivity index (χ1) is 11.3. The quantitative estimate of drug-likeness (QED) is 0.792. The van der Waals surface area contributed by atoms with Crippen LogP contribution in [0.2, 0.25) is 0 Å². The summed E-state index contributed by atoms with van der Waals surface area (Å²) in [5.41, 5.74) is 3.78. The van der Waals surface area contributed by atoms with Crippen LogP contribution >= 0.6 is 0 Å². The number of unbranched alkanes of at least 4 members (excludes halogenated alkanes) is 1. The van der Waals surface area contributed by atoms with Crippen molar-refractivity contribution >= 4 is 0 Å². The molecule has 3 rings (SSSR count). The van der Waals surface area contributed by atoms with Gasteiger partial charge in [-0.15, -0.1) is 0 Å². The number of aromatic nitrogens is 2. The lowest BCUT2D eigenvalue weighted by Gasteiger charge is -2.09. The highest BCUT2D eigenvalue weighted by Crippen LogP contribution is 2.26. The van der Waals surface area contributed by atoms with Crippen molar-refractivity contribution in [1.82, 2.24) is 15.4 Å². The molecule has 1 atom stereocenters. The molecule has 1 aliphatic rings. The highest BCUT2D eigenvalue weighted by Gasteiger charge is 2.20. The van der Waals surface area contributed by atoms with E-state index in [0.717, 1.165) is 30.8 Å². The maximum Gasteiger partial charge on any atom is 0.216 e. The van der Waals surface area contributed by atoms with Crippen LogP contribution in [0.5, 0.6) is 11.5 Å². The van der Waals surface area contributed by atoms with Gasteiger partial charge >= 0.3 is 0 Å². The van der Waals surface area contributed by atoms with Crippen LogP contribution in [0.4, 0.5) is 0 Å². The lowest BCUT2D eigenvalue weighted by atomic mass is 10.1. The molecule has 0 radical (unpaired) electrons. The van der Waals surface area contributed by atoms with Gasteiger partial charge in [0.25, 0.3) is 0 Å². The highest BCUT2D eigenvalue weighted by molar-refractivity contribution is 5.31. The lowest BCUT2D eigenvalue weighted by molar-refractivity contribution is 0.0272. The van der Waals surface area contributed by atoms with E-state index >= 15 is 0 Å². The van der Waals surface area contributed by atoms with E-state index in [2.05, 4.69) is 22.4 Å². The smallest absolute Gasteiger partial charge is 0.216 e. The SMILES string of the molecule is CCCCOc1ccc([C@H]2C=C(Oc3cncnc3)NO2)cc1. The largest absolute Gasteiger partial charge is 0.494 e. The van der Waals surface area contributed by atoms with Crippen molar-refractivity contribution in [3.8, 4) is 11.5 Å². The number of nitrogens with one attached hydrogen (secondary N) is 1. The molecule has 0 spiro atoms. The Morgan fingerprint density at radius 3 is 2.65 bits per heavy atom. The second-order valence-electron chi connectivity index (χ2n) is 5.12. The third kappa shape index (κ3) is 4.20. The summed E-state index contributed by atoms with van der Waals surface area (Å²) < 4.78 is 11.2. The Labute approximate surface area is 135 Å². The Hall–Kier alpha value is -2.60. The van der Waals surface area contributed by atoms with Gasteiger partial charge in [0.15, 0.2) is 5.75 Å². The topological polar surface area (TPSA) is 65.5 Å². The number of nitrogens with zero attached hydrogens (tertiary/aromatic N) is 2. The number of ether oxygens (including phenoxy) is 2. The highest BCUT2D eigenvalue weighted by atomic mass is 16.7. The van der Waals surface area contributed by atoms with Gasteiger partial charge in [-0.05, 0) is 24.1 Å². The minimum atomic E-state index is -0.209. The molecule has 1 aromatic heterocycles. The summed E-state index contributed by atoms with van der Waals surface area (Å²) in [5.74, 6) is 1.94. The number of hydroxylamine groups is 1. The van der Waals surface area contributed by atoms with E-state index < -0.39 is 0 Å². The zero-order chi connectivity index (χ0) is 15.9. The first-order valence-electron chi connectivity index (χ1n) is 7.64. The Morgan fingerprint density at radius 1 is 1.13 bits per heavy atom. The molecule has 1 N–H and O–H groups in total. The molecule has 0 amide bonds. The molecule has 23 heavy (non-hydrogen) atoms. The van der Waals surface area contributed by atoms with Crippen LogP contribution < -0.4 is 15.0 Å². The summed E-state index contributed by atoms with van der Waals surface area (Å²) in [6, 6.07) is 7.87.